The van der Waals surface area contributed by atoms with Crippen LogP contribution in [0.25, 0.3) is 0 Å². The first kappa shape index (κ1) is 17.9. The lowest BCUT2D eigenvalue weighted by Gasteiger charge is -2.38. The molecule has 3 rings (SSSR count). The Morgan fingerprint density at radius 1 is 1.20 bits per heavy atom. The summed E-state index contributed by atoms with van der Waals surface area (Å²) in [5.74, 6) is -0.776. The Hall–Kier alpha value is -1.89. The lowest BCUT2D eigenvalue weighted by molar-refractivity contribution is -0.144. The maximum atomic E-state index is 12.0. The van der Waals surface area contributed by atoms with Crippen LogP contribution in [0.5, 0.6) is 0 Å². The predicted octanol–water partition coefficient (Wildman–Crippen LogP) is 2.75. The molecule has 5 nitrogen and oxygen atoms in total. The Morgan fingerprint density at radius 3 is 2.60 bits per heavy atom. The van der Waals surface area contributed by atoms with Gasteiger partial charge in [-0.1, -0.05) is 24.3 Å². The molecule has 0 bridgehead atoms. The summed E-state index contributed by atoms with van der Waals surface area (Å²) in [4.78, 5) is 21.6. The van der Waals surface area contributed by atoms with Crippen LogP contribution in [0.1, 0.15) is 17.2 Å². The highest BCUT2D eigenvalue weighted by Crippen LogP contribution is 2.30. The lowest BCUT2D eigenvalue weighted by Crippen LogP contribution is -2.48. The molecule has 2 aromatic rings. The van der Waals surface area contributed by atoms with E-state index in [1.54, 1.807) is 18.0 Å². The largest absolute Gasteiger partial charge is 0.480 e. The van der Waals surface area contributed by atoms with E-state index in [0.717, 1.165) is 43.2 Å². The SMILES string of the molecule is CSc1ccccc1C(C(=O)O)N1CCN(Cc2cccnc2)CC1. The number of rotatable bonds is 6. The quantitative estimate of drug-likeness (QED) is 0.803. The second kappa shape index (κ2) is 8.47. The molecule has 1 unspecified atom stereocenters. The fraction of sp³-hybridized carbons (Fsp3) is 0.368. The van der Waals surface area contributed by atoms with Gasteiger partial charge in [0.15, 0.2) is 0 Å². The molecule has 1 aliphatic rings. The number of nitrogens with zero attached hydrogens (tertiary/aromatic N) is 3. The minimum absolute atomic E-state index is 0.579. The third-order valence-corrected chi connectivity index (χ3v) is 5.38. The molecule has 1 fully saturated rings. The minimum Gasteiger partial charge on any atom is -0.480 e. The van der Waals surface area contributed by atoms with Crippen molar-refractivity contribution in [2.24, 2.45) is 0 Å². The summed E-state index contributed by atoms with van der Waals surface area (Å²) in [6, 6.07) is 11.3. The van der Waals surface area contributed by atoms with Crippen molar-refractivity contribution in [1.82, 2.24) is 14.8 Å². The zero-order valence-corrected chi connectivity index (χ0v) is 15.2. The summed E-state index contributed by atoms with van der Waals surface area (Å²) in [6.45, 7) is 4.08. The van der Waals surface area contributed by atoms with Gasteiger partial charge in [0.25, 0.3) is 0 Å². The van der Waals surface area contributed by atoms with Crippen molar-refractivity contribution in [1.29, 1.82) is 0 Å². The lowest BCUT2D eigenvalue weighted by atomic mass is 10.0. The predicted molar refractivity (Wildman–Crippen MR) is 99.7 cm³/mol. The highest BCUT2D eigenvalue weighted by atomic mass is 32.2. The third kappa shape index (κ3) is 4.39. The van der Waals surface area contributed by atoms with Gasteiger partial charge in [-0.25, -0.2) is 0 Å². The topological polar surface area (TPSA) is 56.7 Å². The van der Waals surface area contributed by atoms with Crippen LogP contribution in [0.15, 0.2) is 53.7 Å². The van der Waals surface area contributed by atoms with Crippen LogP contribution < -0.4 is 0 Å². The van der Waals surface area contributed by atoms with Gasteiger partial charge < -0.3 is 5.11 Å². The summed E-state index contributed by atoms with van der Waals surface area (Å²) in [6.07, 6.45) is 5.66. The van der Waals surface area contributed by atoms with Crippen molar-refractivity contribution in [2.75, 3.05) is 32.4 Å². The molecule has 6 heteroatoms. The highest BCUT2D eigenvalue weighted by molar-refractivity contribution is 7.98. The van der Waals surface area contributed by atoms with E-state index in [0.29, 0.717) is 0 Å². The molecule has 1 saturated heterocycles. The molecule has 1 atom stereocenters. The number of aromatic nitrogens is 1. The molecule has 1 aromatic heterocycles. The Bertz CT molecular complexity index is 703. The fourth-order valence-corrected chi connectivity index (χ4v) is 3.94. The van der Waals surface area contributed by atoms with Gasteiger partial charge in [0.1, 0.15) is 6.04 Å². The molecular weight excluding hydrogens is 334 g/mol. The average molecular weight is 357 g/mol. The molecule has 0 aliphatic carbocycles. The Morgan fingerprint density at radius 2 is 1.96 bits per heavy atom. The maximum absolute atomic E-state index is 12.0. The van der Waals surface area contributed by atoms with Crippen LogP contribution in [0.4, 0.5) is 0 Å². The van der Waals surface area contributed by atoms with Gasteiger partial charge in [0.05, 0.1) is 0 Å². The summed E-state index contributed by atoms with van der Waals surface area (Å²) in [7, 11) is 0. The van der Waals surface area contributed by atoms with Crippen LogP contribution in [0, 0.1) is 0 Å². The van der Waals surface area contributed by atoms with Gasteiger partial charge in [-0.05, 0) is 29.5 Å². The number of benzene rings is 1. The molecule has 1 aromatic carbocycles. The maximum Gasteiger partial charge on any atom is 0.325 e. The monoisotopic (exact) mass is 357 g/mol. The molecule has 0 saturated carbocycles. The number of carbonyl (C=O) groups is 1. The first-order valence-electron chi connectivity index (χ1n) is 8.40. The van der Waals surface area contributed by atoms with Crippen LogP contribution in [-0.2, 0) is 11.3 Å². The van der Waals surface area contributed by atoms with Crippen molar-refractivity contribution in [3.63, 3.8) is 0 Å². The summed E-state index contributed by atoms with van der Waals surface area (Å²) in [5.41, 5.74) is 2.08. The number of aliphatic carboxylic acids is 1. The molecule has 25 heavy (non-hydrogen) atoms. The summed E-state index contributed by atoms with van der Waals surface area (Å²) in [5, 5.41) is 9.83. The molecule has 0 radical (unpaired) electrons. The van der Waals surface area contributed by atoms with E-state index in [2.05, 4.69) is 20.9 Å². The standard InChI is InChI=1S/C19H23N3O2S/c1-25-17-7-3-2-6-16(17)18(19(23)24)22-11-9-21(10-12-22)14-15-5-4-8-20-13-15/h2-8,13,18H,9-12,14H2,1H3,(H,23,24). The Labute approximate surface area is 152 Å². The van der Waals surface area contributed by atoms with Crippen molar-refractivity contribution in [3.05, 3.63) is 59.9 Å². The smallest absolute Gasteiger partial charge is 0.325 e. The number of carboxylic acids is 1. The van der Waals surface area contributed by atoms with E-state index in [9.17, 15) is 9.90 Å². The number of hydrogen-bond donors (Lipinski definition) is 1. The second-order valence-corrected chi connectivity index (χ2v) is 7.00. The van der Waals surface area contributed by atoms with Gasteiger partial charge in [0, 0.05) is 50.0 Å². The highest BCUT2D eigenvalue weighted by Gasteiger charge is 2.31. The molecular formula is C19H23N3O2S. The summed E-state index contributed by atoms with van der Waals surface area (Å²) >= 11 is 1.60. The normalized spacial score (nSPS) is 17.3. The van der Waals surface area contributed by atoms with E-state index in [1.807, 2.05) is 42.8 Å². The van der Waals surface area contributed by atoms with E-state index in [-0.39, 0.29) is 0 Å². The van der Waals surface area contributed by atoms with Crippen molar-refractivity contribution < 1.29 is 9.90 Å². The van der Waals surface area contributed by atoms with Crippen LogP contribution in [-0.4, -0.2) is 58.3 Å². The first-order chi connectivity index (χ1) is 12.2. The molecule has 132 valence electrons. The number of hydrogen-bond acceptors (Lipinski definition) is 5. The van der Waals surface area contributed by atoms with Crippen LogP contribution in [0.2, 0.25) is 0 Å². The van der Waals surface area contributed by atoms with Gasteiger partial charge in [-0.3, -0.25) is 19.6 Å². The van der Waals surface area contributed by atoms with Crippen LogP contribution >= 0.6 is 11.8 Å². The van der Waals surface area contributed by atoms with Gasteiger partial charge in [-0.15, -0.1) is 11.8 Å². The van der Waals surface area contributed by atoms with Gasteiger partial charge in [0.2, 0.25) is 0 Å². The minimum atomic E-state index is -0.776. The van der Waals surface area contributed by atoms with E-state index in [1.165, 1.54) is 5.56 Å². The van der Waals surface area contributed by atoms with E-state index >= 15 is 0 Å². The molecule has 1 aliphatic heterocycles. The van der Waals surface area contributed by atoms with Gasteiger partial charge in [-0.2, -0.15) is 0 Å². The second-order valence-electron chi connectivity index (χ2n) is 6.16. The van der Waals surface area contributed by atoms with Crippen molar-refractivity contribution in [2.45, 2.75) is 17.5 Å². The fourth-order valence-electron chi connectivity index (χ4n) is 3.31. The van der Waals surface area contributed by atoms with Crippen molar-refractivity contribution in [3.8, 4) is 0 Å². The Kier molecular flexibility index (Phi) is 6.07. The Balaban J connectivity index is 1.68. The molecule has 0 spiro atoms. The number of carboxylic acid groups (broad SMARTS) is 1. The molecule has 0 amide bonds. The zero-order valence-electron chi connectivity index (χ0n) is 14.3. The number of piperazine rings is 1. The third-order valence-electron chi connectivity index (χ3n) is 4.57. The number of thioether (sulfide) groups is 1. The first-order valence-corrected chi connectivity index (χ1v) is 9.62. The van der Waals surface area contributed by atoms with E-state index in [4.69, 9.17) is 0 Å². The van der Waals surface area contributed by atoms with Gasteiger partial charge >= 0.3 is 5.97 Å². The zero-order chi connectivity index (χ0) is 17.6. The molecule has 1 N–H and O–H groups in total. The number of pyridine rings is 1. The van der Waals surface area contributed by atoms with E-state index < -0.39 is 12.0 Å². The molecule has 2 heterocycles. The summed E-state index contributed by atoms with van der Waals surface area (Å²) < 4.78 is 0. The van der Waals surface area contributed by atoms with Crippen molar-refractivity contribution >= 4 is 17.7 Å². The average Bonchev–Trinajstić information content (AvgIpc) is 2.64. The van der Waals surface area contributed by atoms with Crippen LogP contribution in [0.3, 0.4) is 0 Å².